The first-order valence-electron chi connectivity index (χ1n) is 8.77. The molecule has 0 saturated carbocycles. The smallest absolute Gasteiger partial charge is 0.338 e. The van der Waals surface area contributed by atoms with E-state index in [1.807, 2.05) is 0 Å². The highest BCUT2D eigenvalue weighted by Gasteiger charge is 2.36. The van der Waals surface area contributed by atoms with Crippen LogP contribution in [-0.2, 0) is 19.1 Å². The molecule has 0 bridgehead atoms. The average Bonchev–Trinajstić information content (AvgIpc) is 2.63. The van der Waals surface area contributed by atoms with Gasteiger partial charge < -0.3 is 19.9 Å². The van der Waals surface area contributed by atoms with Gasteiger partial charge in [0, 0.05) is 25.8 Å². The Morgan fingerprint density at radius 2 is 2.07 bits per heavy atom. The van der Waals surface area contributed by atoms with E-state index in [1.54, 1.807) is 13.0 Å². The number of rotatable bonds is 9. The third-order valence-electron chi connectivity index (χ3n) is 4.29. The van der Waals surface area contributed by atoms with Crippen molar-refractivity contribution in [1.82, 2.24) is 10.2 Å². The quantitative estimate of drug-likeness (QED) is 0.492. The number of nitrogens with zero attached hydrogens (tertiary/aromatic N) is 1. The first-order valence-corrected chi connectivity index (χ1v) is 8.77. The maximum atomic E-state index is 13.7. The van der Waals surface area contributed by atoms with Gasteiger partial charge >= 0.3 is 18.0 Å². The van der Waals surface area contributed by atoms with Crippen molar-refractivity contribution in [3.05, 3.63) is 46.9 Å². The van der Waals surface area contributed by atoms with Crippen molar-refractivity contribution in [3.8, 4) is 0 Å². The zero-order valence-electron chi connectivity index (χ0n) is 15.7. The minimum Gasteiger partial charge on any atom is -0.481 e. The summed E-state index contributed by atoms with van der Waals surface area (Å²) in [6, 6.07) is 4.21. The summed E-state index contributed by atoms with van der Waals surface area (Å²) in [5, 5.41) is 11.5. The lowest BCUT2D eigenvalue weighted by Gasteiger charge is -2.35. The van der Waals surface area contributed by atoms with Gasteiger partial charge in [-0.05, 0) is 31.0 Å². The maximum Gasteiger partial charge on any atom is 0.338 e. The zero-order valence-corrected chi connectivity index (χ0v) is 15.7. The number of hydrogen-bond donors (Lipinski definition) is 2. The van der Waals surface area contributed by atoms with E-state index in [1.165, 1.54) is 30.2 Å². The first kappa shape index (κ1) is 21.4. The summed E-state index contributed by atoms with van der Waals surface area (Å²) in [4.78, 5) is 37.3. The number of carboxylic acids is 1. The van der Waals surface area contributed by atoms with E-state index in [4.69, 9.17) is 14.6 Å². The molecule has 152 valence electrons. The molecule has 0 spiro atoms. The normalized spacial score (nSPS) is 16.8. The Labute approximate surface area is 161 Å². The Kier molecular flexibility index (Phi) is 7.51. The van der Waals surface area contributed by atoms with E-state index < -0.39 is 29.8 Å². The molecular formula is C19H23FN2O6. The average molecular weight is 394 g/mol. The molecule has 2 amide bonds. The number of carbonyl (C=O) groups is 3. The second-order valence-electron chi connectivity index (χ2n) is 6.21. The van der Waals surface area contributed by atoms with Crippen LogP contribution in [0.3, 0.4) is 0 Å². The molecule has 0 fully saturated rings. The standard InChI is InChI=1S/C19H23FN2O6/c1-12-16(18(25)28-10-9-27-2)17(13-5-3-6-14(20)11-13)21-19(26)22(12)8-4-7-15(23)24/h3,5-6,11,17H,4,7-10H2,1-2H3,(H,21,26)(H,23,24)/t17-/m1/s1. The van der Waals surface area contributed by atoms with Gasteiger partial charge in [-0.1, -0.05) is 12.1 Å². The third-order valence-corrected chi connectivity index (χ3v) is 4.29. The van der Waals surface area contributed by atoms with Crippen LogP contribution in [0.25, 0.3) is 0 Å². The molecule has 9 heteroatoms. The lowest BCUT2D eigenvalue weighted by molar-refractivity contribution is -0.141. The number of amides is 2. The van der Waals surface area contributed by atoms with Crippen LogP contribution < -0.4 is 5.32 Å². The minimum atomic E-state index is -0.976. The Morgan fingerprint density at radius 3 is 2.71 bits per heavy atom. The van der Waals surface area contributed by atoms with Gasteiger partial charge in [0.2, 0.25) is 0 Å². The molecule has 1 aliphatic rings. The molecule has 0 radical (unpaired) electrons. The summed E-state index contributed by atoms with van der Waals surface area (Å²) in [5.74, 6) is -2.14. The van der Waals surface area contributed by atoms with Gasteiger partial charge in [0.1, 0.15) is 12.4 Å². The molecule has 0 saturated heterocycles. The highest BCUT2D eigenvalue weighted by Crippen LogP contribution is 2.31. The van der Waals surface area contributed by atoms with Gasteiger partial charge in [-0.25, -0.2) is 14.0 Å². The van der Waals surface area contributed by atoms with Crippen LogP contribution in [0.2, 0.25) is 0 Å². The van der Waals surface area contributed by atoms with Crippen LogP contribution in [0.15, 0.2) is 35.5 Å². The Bertz CT molecular complexity index is 779. The number of allylic oxidation sites excluding steroid dienone is 1. The fourth-order valence-corrected chi connectivity index (χ4v) is 2.93. The minimum absolute atomic E-state index is 0.0228. The molecule has 0 unspecified atom stereocenters. The van der Waals surface area contributed by atoms with E-state index in [0.717, 1.165) is 0 Å². The van der Waals surface area contributed by atoms with E-state index in [2.05, 4.69) is 5.32 Å². The highest BCUT2D eigenvalue weighted by atomic mass is 19.1. The number of ether oxygens (including phenoxy) is 2. The van der Waals surface area contributed by atoms with Gasteiger partial charge in [0.25, 0.3) is 0 Å². The number of carbonyl (C=O) groups excluding carboxylic acids is 2. The molecule has 28 heavy (non-hydrogen) atoms. The van der Waals surface area contributed by atoms with E-state index in [9.17, 15) is 18.8 Å². The summed E-state index contributed by atoms with van der Waals surface area (Å²) >= 11 is 0. The topological polar surface area (TPSA) is 105 Å². The number of nitrogens with one attached hydrogen (secondary N) is 1. The van der Waals surface area contributed by atoms with Crippen LogP contribution in [0.5, 0.6) is 0 Å². The largest absolute Gasteiger partial charge is 0.481 e. The summed E-state index contributed by atoms with van der Waals surface area (Å²) in [6.07, 6.45) is 0.106. The molecule has 0 aliphatic carbocycles. The van der Waals surface area contributed by atoms with Gasteiger partial charge in [0.05, 0.1) is 18.2 Å². The number of carboxylic acid groups (broad SMARTS) is 1. The maximum absolute atomic E-state index is 13.7. The summed E-state index contributed by atoms with van der Waals surface area (Å²) in [6.45, 7) is 1.93. The highest BCUT2D eigenvalue weighted by molar-refractivity contribution is 5.95. The number of urea groups is 1. The van der Waals surface area contributed by atoms with Crippen LogP contribution >= 0.6 is 0 Å². The second kappa shape index (κ2) is 9.84. The van der Waals surface area contributed by atoms with E-state index in [-0.39, 0.29) is 38.2 Å². The SMILES string of the molecule is COCCOC(=O)C1=C(C)N(CCCC(=O)O)C(=O)N[C@@H]1c1cccc(F)c1. The molecular weight excluding hydrogens is 371 g/mol. The van der Waals surface area contributed by atoms with Gasteiger partial charge in [0.15, 0.2) is 0 Å². The molecule has 0 aromatic heterocycles. The molecule has 1 aliphatic heterocycles. The zero-order chi connectivity index (χ0) is 20.7. The lowest BCUT2D eigenvalue weighted by atomic mass is 9.94. The van der Waals surface area contributed by atoms with Crippen molar-refractivity contribution >= 4 is 18.0 Å². The van der Waals surface area contributed by atoms with Gasteiger partial charge in [-0.3, -0.25) is 9.69 Å². The fourth-order valence-electron chi connectivity index (χ4n) is 2.93. The Balaban J connectivity index is 2.36. The number of esters is 1. The Morgan fingerprint density at radius 1 is 1.32 bits per heavy atom. The number of benzene rings is 1. The number of hydrogen-bond acceptors (Lipinski definition) is 5. The van der Waals surface area contributed by atoms with E-state index in [0.29, 0.717) is 11.3 Å². The van der Waals surface area contributed by atoms with E-state index >= 15 is 0 Å². The molecule has 1 aromatic carbocycles. The summed E-state index contributed by atoms with van der Waals surface area (Å²) in [7, 11) is 1.47. The number of aliphatic carboxylic acids is 1. The van der Waals surface area contributed by atoms with Gasteiger partial charge in [-0.15, -0.1) is 0 Å². The predicted octanol–water partition coefficient (Wildman–Crippen LogP) is 2.22. The lowest BCUT2D eigenvalue weighted by Crippen LogP contribution is -2.48. The van der Waals surface area contributed by atoms with Crippen molar-refractivity contribution < 1.29 is 33.4 Å². The molecule has 1 atom stereocenters. The van der Waals surface area contributed by atoms with Crippen LogP contribution in [0.1, 0.15) is 31.4 Å². The number of methoxy groups -OCH3 is 1. The summed E-state index contributed by atoms with van der Waals surface area (Å²) in [5.41, 5.74) is 0.902. The van der Waals surface area contributed by atoms with Gasteiger partial charge in [-0.2, -0.15) is 0 Å². The number of halogens is 1. The van der Waals surface area contributed by atoms with Crippen molar-refractivity contribution in [2.75, 3.05) is 26.9 Å². The molecule has 2 rings (SSSR count). The van der Waals surface area contributed by atoms with Crippen LogP contribution in [0.4, 0.5) is 9.18 Å². The summed E-state index contributed by atoms with van der Waals surface area (Å²) < 4.78 is 23.8. The molecule has 1 heterocycles. The monoisotopic (exact) mass is 394 g/mol. The predicted molar refractivity (Wildman–Crippen MR) is 96.8 cm³/mol. The Hall–Kier alpha value is -2.94. The second-order valence-corrected chi connectivity index (χ2v) is 6.21. The van der Waals surface area contributed by atoms with Crippen LogP contribution in [-0.4, -0.2) is 54.8 Å². The van der Waals surface area contributed by atoms with Crippen molar-refractivity contribution in [2.24, 2.45) is 0 Å². The van der Waals surface area contributed by atoms with Crippen molar-refractivity contribution in [3.63, 3.8) is 0 Å². The first-order chi connectivity index (χ1) is 13.3. The fraction of sp³-hybridized carbons (Fsp3) is 0.421. The van der Waals surface area contributed by atoms with Crippen molar-refractivity contribution in [1.29, 1.82) is 0 Å². The molecule has 8 nitrogen and oxygen atoms in total. The molecule has 2 N–H and O–H groups in total. The molecule has 1 aromatic rings. The van der Waals surface area contributed by atoms with Crippen LogP contribution in [0, 0.1) is 5.82 Å². The third kappa shape index (κ3) is 5.29. The van der Waals surface area contributed by atoms with Crippen molar-refractivity contribution in [2.45, 2.75) is 25.8 Å².